The number of aryl methyl sites for hydroxylation is 1. The van der Waals surface area contributed by atoms with E-state index in [0.29, 0.717) is 48.2 Å². The second-order valence-electron chi connectivity index (χ2n) is 19.8. The van der Waals surface area contributed by atoms with Gasteiger partial charge in [0.2, 0.25) is 11.8 Å². The fourth-order valence-corrected chi connectivity index (χ4v) is 11.0. The van der Waals surface area contributed by atoms with Gasteiger partial charge in [-0.1, -0.05) is 48.6 Å². The lowest BCUT2D eigenvalue weighted by atomic mass is 9.64. The Kier molecular flexibility index (Phi) is 14.2. The monoisotopic (exact) mass is 962 g/mol. The fourth-order valence-electron chi connectivity index (χ4n) is 11.0. The van der Waals surface area contributed by atoms with Gasteiger partial charge < -0.3 is 19.3 Å². The number of aromatic nitrogens is 4. The number of ether oxygens (including phenoxy) is 2. The molecule has 3 amide bonds. The van der Waals surface area contributed by atoms with Crippen molar-refractivity contribution in [1.29, 1.82) is 5.26 Å². The predicted octanol–water partition coefficient (Wildman–Crippen LogP) is 3.25. The number of carbonyl (C=O) groups excluding carboxylic acids is 3. The second-order valence-corrected chi connectivity index (χ2v) is 19.8. The summed E-state index contributed by atoms with van der Waals surface area (Å²) in [5, 5.41) is 18.6. The molecule has 18 nitrogen and oxygen atoms in total. The average Bonchev–Trinajstić information content (AvgIpc) is 3.40. The van der Waals surface area contributed by atoms with Crippen molar-refractivity contribution in [3.8, 4) is 23.3 Å². The third-order valence-electron chi connectivity index (χ3n) is 15.2. The number of morpholine rings is 1. The van der Waals surface area contributed by atoms with E-state index in [2.05, 4.69) is 51.9 Å². The Morgan fingerprint density at radius 3 is 2.52 bits per heavy atom. The number of imide groups is 1. The van der Waals surface area contributed by atoms with Crippen LogP contribution in [0.5, 0.6) is 5.88 Å². The smallest absolute Gasteiger partial charge is 0.275 e. The number of nitriles is 1. The number of amides is 3. The van der Waals surface area contributed by atoms with Gasteiger partial charge in [0, 0.05) is 100 Å². The number of allylic oxidation sites excluding steroid dienone is 3. The molecule has 5 aliphatic heterocycles. The number of hydrogen-bond acceptors (Lipinski definition) is 15. The minimum Gasteiger partial charge on any atom is -0.477 e. The van der Waals surface area contributed by atoms with Crippen molar-refractivity contribution in [3.63, 3.8) is 0 Å². The number of piperazine rings is 1. The highest BCUT2D eigenvalue weighted by Gasteiger charge is 2.50. The first kappa shape index (κ1) is 48.0. The molecule has 7 heterocycles. The largest absolute Gasteiger partial charge is 0.477 e. The normalized spacial score (nSPS) is 25.8. The average molecular weight is 963 g/mol. The summed E-state index contributed by atoms with van der Waals surface area (Å²) >= 11 is 0. The maximum atomic E-state index is 13.5. The highest BCUT2D eigenvalue weighted by Crippen LogP contribution is 2.43. The second kappa shape index (κ2) is 21.0. The van der Waals surface area contributed by atoms with E-state index in [4.69, 9.17) is 14.5 Å². The molecule has 4 fully saturated rings. The third-order valence-corrected chi connectivity index (χ3v) is 15.2. The van der Waals surface area contributed by atoms with Crippen LogP contribution in [0, 0.1) is 29.6 Å². The van der Waals surface area contributed by atoms with E-state index in [9.17, 15) is 24.4 Å². The van der Waals surface area contributed by atoms with Crippen molar-refractivity contribution in [1.82, 2.24) is 50.6 Å². The molecule has 2 aromatic carbocycles. The van der Waals surface area contributed by atoms with E-state index in [1.54, 1.807) is 6.20 Å². The number of fused-ring (bicyclic) bond motifs is 1. The van der Waals surface area contributed by atoms with E-state index in [1.807, 2.05) is 85.8 Å². The Morgan fingerprint density at radius 2 is 1.75 bits per heavy atom. The summed E-state index contributed by atoms with van der Waals surface area (Å²) in [6, 6.07) is 17.4. The molecule has 4 aromatic rings. The van der Waals surface area contributed by atoms with Gasteiger partial charge in [0.15, 0.2) is 5.82 Å². The summed E-state index contributed by atoms with van der Waals surface area (Å²) < 4.78 is 13.8. The Hall–Kier alpha value is -6.62. The Morgan fingerprint density at radius 1 is 0.901 bits per heavy atom. The molecule has 10 rings (SSSR count). The molecule has 0 saturated carbocycles. The quantitative estimate of drug-likeness (QED) is 0.155. The zero-order valence-corrected chi connectivity index (χ0v) is 40.3. The van der Waals surface area contributed by atoms with E-state index in [0.717, 1.165) is 114 Å². The highest BCUT2D eigenvalue weighted by atomic mass is 16.5. The van der Waals surface area contributed by atoms with Crippen molar-refractivity contribution >= 4 is 34.2 Å². The summed E-state index contributed by atoms with van der Waals surface area (Å²) in [4.78, 5) is 69.1. The Balaban J connectivity index is 0.656. The molecule has 2 aromatic heterocycles. The topological polar surface area (TPSA) is 203 Å². The minimum absolute atomic E-state index is 0.165. The summed E-state index contributed by atoms with van der Waals surface area (Å²) in [6.45, 7) is 13.7. The number of piperidine rings is 2. The van der Waals surface area contributed by atoms with E-state index >= 15 is 0 Å². The number of hydrazine groups is 1. The molecule has 6 aliphatic rings. The van der Waals surface area contributed by atoms with E-state index in [1.165, 1.54) is 10.8 Å². The van der Waals surface area contributed by atoms with Gasteiger partial charge in [0.05, 0.1) is 42.0 Å². The van der Waals surface area contributed by atoms with Gasteiger partial charge in [0.1, 0.15) is 11.5 Å². The van der Waals surface area contributed by atoms with Crippen LogP contribution >= 0.6 is 0 Å². The number of likely N-dealkylation sites (tertiary alicyclic amines) is 1. The van der Waals surface area contributed by atoms with Crippen LogP contribution in [-0.2, 0) is 25.5 Å². The van der Waals surface area contributed by atoms with Gasteiger partial charge in [-0.15, -0.1) is 0 Å². The Bertz CT molecular complexity index is 2840. The maximum absolute atomic E-state index is 13.5. The molecule has 0 bridgehead atoms. The molecule has 4 saturated heterocycles. The van der Waals surface area contributed by atoms with Crippen molar-refractivity contribution in [2.24, 2.45) is 11.3 Å². The van der Waals surface area contributed by atoms with Crippen LogP contribution in [0.25, 0.3) is 22.2 Å². The van der Waals surface area contributed by atoms with Crippen LogP contribution in [0.15, 0.2) is 96.0 Å². The number of anilines is 1. The van der Waals surface area contributed by atoms with Gasteiger partial charge >= 0.3 is 0 Å². The summed E-state index contributed by atoms with van der Waals surface area (Å²) in [7, 11) is 0. The van der Waals surface area contributed by atoms with Crippen molar-refractivity contribution < 1.29 is 23.9 Å². The summed E-state index contributed by atoms with van der Waals surface area (Å²) in [5.41, 5.74) is 7.38. The van der Waals surface area contributed by atoms with Crippen LogP contribution < -0.4 is 31.4 Å². The lowest BCUT2D eigenvalue weighted by molar-refractivity contribution is -0.136. The lowest BCUT2D eigenvalue weighted by Gasteiger charge is -2.45. The van der Waals surface area contributed by atoms with Crippen molar-refractivity contribution in [2.75, 3.05) is 90.1 Å². The summed E-state index contributed by atoms with van der Waals surface area (Å²) in [6.07, 6.45) is 16.5. The fraction of sp³-hybridized carbons (Fsp3) is 0.472. The number of carbonyl (C=O) groups is 3. The van der Waals surface area contributed by atoms with Crippen LogP contribution in [0.3, 0.4) is 0 Å². The molecule has 71 heavy (non-hydrogen) atoms. The first-order valence-electron chi connectivity index (χ1n) is 25.0. The molecule has 1 aliphatic carbocycles. The van der Waals surface area contributed by atoms with Crippen molar-refractivity contribution in [3.05, 3.63) is 113 Å². The van der Waals surface area contributed by atoms with Crippen LogP contribution in [0.2, 0.25) is 0 Å². The number of nitrogens with zero attached hydrogens (tertiary/aromatic N) is 9. The highest BCUT2D eigenvalue weighted by molar-refractivity contribution is 5.99. The summed E-state index contributed by atoms with van der Waals surface area (Å²) in [5.74, 6) is 0.492. The van der Waals surface area contributed by atoms with E-state index < -0.39 is 22.9 Å². The van der Waals surface area contributed by atoms with E-state index in [-0.39, 0.29) is 36.3 Å². The van der Waals surface area contributed by atoms with Gasteiger partial charge in [-0.2, -0.15) is 15.3 Å². The van der Waals surface area contributed by atoms with Crippen molar-refractivity contribution in [2.45, 2.75) is 63.1 Å². The molecule has 0 radical (unpaired) electrons. The molecule has 3 N–H and O–H groups in total. The number of nitrogens with one attached hydrogen (secondary N) is 3. The number of hydrogen-bond donors (Lipinski definition) is 3. The van der Waals surface area contributed by atoms with Gasteiger partial charge in [0.25, 0.3) is 17.4 Å². The van der Waals surface area contributed by atoms with Crippen LogP contribution in [0.4, 0.5) is 5.69 Å². The Labute approximate surface area is 413 Å². The number of rotatable bonds is 14. The lowest BCUT2D eigenvalue weighted by Crippen LogP contribution is -2.64. The van der Waals surface area contributed by atoms with Gasteiger partial charge in [-0.3, -0.25) is 39.7 Å². The molecular weight excluding hydrogens is 901 g/mol. The van der Waals surface area contributed by atoms with Gasteiger partial charge in [-0.25, -0.2) is 15.1 Å². The molecular formula is C53H62N12O6. The van der Waals surface area contributed by atoms with Crippen LogP contribution in [-0.4, -0.2) is 149 Å². The molecule has 370 valence electrons. The maximum Gasteiger partial charge on any atom is 0.275 e. The molecule has 18 heteroatoms. The zero-order chi connectivity index (χ0) is 49.0. The van der Waals surface area contributed by atoms with Crippen LogP contribution in [0.1, 0.15) is 49.4 Å². The first-order valence-corrected chi connectivity index (χ1v) is 25.0. The minimum atomic E-state index is -0.902. The standard InChI is InChI=1S/C53H62N12O6/c1-37-44-31-41(8-9-43(44)51(69)65(59-37)45-10-11-46(66)56-50(45)68)64-26-24-62(25-27-64)33-42-34-63(28-29-70-42)23-22-61-20-14-38(15-21-61)35-71-48-13-19-55-49(57-48)40-7-5-6-39(30-40)32-53(18-12-47(67)58-60-53)52(36-54)16-3-2-4-17-52/h2-9,12-13,16,18-19,30-31,38,42,45,60H,10-11,14-15,17,20-29,32-35H2,1H3,(H,58,67)(H,56,66,68)/t42-,45?,52?,53?/m1/s1. The predicted molar refractivity (Wildman–Crippen MR) is 267 cm³/mol. The third kappa shape index (κ3) is 10.6. The first-order chi connectivity index (χ1) is 34.6. The zero-order valence-electron chi connectivity index (χ0n) is 40.3. The molecule has 4 atom stereocenters. The number of benzene rings is 2. The molecule has 3 unspecified atom stereocenters. The SMILES string of the molecule is Cc1nn(C2CCC(=O)NC2=O)c(=O)c2ccc(N3CCN(C[C@@H]4CN(CCN5CCC(COc6ccnc(-c7cccc(CC8(C9(C#N)C=CC=CC9)C=CC(=O)NN8)c7)n6)CC5)CCO4)CC3)cc12. The van der Waals surface area contributed by atoms with Gasteiger partial charge in [-0.05, 0) is 87.9 Å². The molecule has 0 spiro atoms.